The van der Waals surface area contributed by atoms with E-state index >= 15 is 0 Å². The average molecular weight is 357 g/mol. The lowest BCUT2D eigenvalue weighted by Crippen LogP contribution is -2.50. The molecular formula is C21H31N3O2. The molecule has 26 heavy (non-hydrogen) atoms. The van der Waals surface area contributed by atoms with Crippen molar-refractivity contribution < 1.29 is 9.53 Å². The molecule has 3 fully saturated rings. The summed E-state index contributed by atoms with van der Waals surface area (Å²) in [4.78, 5) is 17.6. The van der Waals surface area contributed by atoms with Crippen molar-refractivity contribution in [1.29, 1.82) is 0 Å². The maximum Gasteiger partial charge on any atom is 0.251 e. The van der Waals surface area contributed by atoms with E-state index in [1.54, 1.807) is 0 Å². The minimum absolute atomic E-state index is 0.0224. The number of nitrogens with one attached hydrogen (secondary N) is 1. The molecule has 0 saturated carbocycles. The van der Waals surface area contributed by atoms with Crippen molar-refractivity contribution in [2.24, 2.45) is 0 Å². The van der Waals surface area contributed by atoms with Crippen molar-refractivity contribution in [3.63, 3.8) is 0 Å². The van der Waals surface area contributed by atoms with Crippen LogP contribution in [0.2, 0.25) is 0 Å². The Hall–Kier alpha value is -1.43. The van der Waals surface area contributed by atoms with E-state index in [2.05, 4.69) is 27.2 Å². The normalized spacial score (nSPS) is 27.7. The summed E-state index contributed by atoms with van der Waals surface area (Å²) in [6.45, 7) is 7.01. The van der Waals surface area contributed by atoms with Gasteiger partial charge in [0.05, 0.1) is 25.3 Å². The molecule has 3 aliphatic heterocycles. The van der Waals surface area contributed by atoms with Gasteiger partial charge < -0.3 is 10.1 Å². The first kappa shape index (κ1) is 18.0. The van der Waals surface area contributed by atoms with E-state index in [9.17, 15) is 4.79 Å². The van der Waals surface area contributed by atoms with Gasteiger partial charge in [-0.15, -0.1) is 0 Å². The molecule has 3 aliphatic rings. The van der Waals surface area contributed by atoms with Crippen LogP contribution in [0.15, 0.2) is 24.3 Å². The first-order chi connectivity index (χ1) is 12.8. The molecule has 5 heteroatoms. The Bertz CT molecular complexity index is 592. The van der Waals surface area contributed by atoms with E-state index in [1.165, 1.54) is 50.8 Å². The molecule has 0 bridgehead atoms. The summed E-state index contributed by atoms with van der Waals surface area (Å²) in [7, 11) is 0. The van der Waals surface area contributed by atoms with Crippen LogP contribution in [0.3, 0.4) is 0 Å². The van der Waals surface area contributed by atoms with Gasteiger partial charge >= 0.3 is 0 Å². The van der Waals surface area contributed by atoms with Crippen LogP contribution in [0.5, 0.6) is 0 Å². The van der Waals surface area contributed by atoms with Crippen LogP contribution in [0, 0.1) is 0 Å². The third kappa shape index (κ3) is 4.27. The largest absolute Gasteiger partial charge is 0.378 e. The van der Waals surface area contributed by atoms with Crippen molar-refractivity contribution in [3.05, 3.63) is 35.4 Å². The first-order valence-electron chi connectivity index (χ1n) is 10.2. The van der Waals surface area contributed by atoms with E-state index < -0.39 is 0 Å². The molecule has 0 aromatic heterocycles. The van der Waals surface area contributed by atoms with Crippen molar-refractivity contribution in [2.45, 2.75) is 50.7 Å². The van der Waals surface area contributed by atoms with E-state index in [0.717, 1.165) is 31.8 Å². The Labute approximate surface area is 156 Å². The molecular weight excluding hydrogens is 326 g/mol. The van der Waals surface area contributed by atoms with Gasteiger partial charge in [-0.2, -0.15) is 0 Å². The number of amides is 1. The van der Waals surface area contributed by atoms with Crippen LogP contribution < -0.4 is 5.32 Å². The lowest BCUT2D eigenvalue weighted by molar-refractivity contribution is 0.0916. The number of nitrogens with zero attached hydrogens (tertiary/aromatic N) is 2. The molecule has 3 heterocycles. The molecule has 1 N–H and O–H groups in total. The van der Waals surface area contributed by atoms with Crippen LogP contribution in [-0.2, 0) is 11.3 Å². The number of piperidine rings is 1. The Morgan fingerprint density at radius 2 is 1.65 bits per heavy atom. The van der Waals surface area contributed by atoms with Crippen LogP contribution in [-0.4, -0.2) is 67.2 Å². The monoisotopic (exact) mass is 357 g/mol. The van der Waals surface area contributed by atoms with Gasteiger partial charge in [0, 0.05) is 12.1 Å². The third-order valence-electron chi connectivity index (χ3n) is 6.05. The fourth-order valence-electron chi connectivity index (χ4n) is 4.50. The minimum atomic E-state index is 0.0224. The molecule has 2 unspecified atom stereocenters. The Morgan fingerprint density at radius 3 is 2.38 bits per heavy atom. The summed E-state index contributed by atoms with van der Waals surface area (Å²) < 4.78 is 5.66. The number of benzene rings is 1. The zero-order chi connectivity index (χ0) is 17.8. The predicted molar refractivity (Wildman–Crippen MR) is 102 cm³/mol. The highest BCUT2D eigenvalue weighted by Crippen LogP contribution is 2.20. The molecule has 4 rings (SSSR count). The number of hydrogen-bond donors (Lipinski definition) is 1. The molecule has 2 atom stereocenters. The molecule has 5 nitrogen and oxygen atoms in total. The van der Waals surface area contributed by atoms with Crippen molar-refractivity contribution in [2.75, 3.05) is 39.4 Å². The SMILES string of the molecule is O=C(NC1COCC1N1CCCC1)c1ccc(CN2CCCCC2)cc1. The minimum Gasteiger partial charge on any atom is -0.378 e. The quantitative estimate of drug-likeness (QED) is 0.878. The lowest BCUT2D eigenvalue weighted by atomic mass is 10.1. The summed E-state index contributed by atoms with van der Waals surface area (Å²) in [5.41, 5.74) is 2.04. The van der Waals surface area contributed by atoms with E-state index in [0.29, 0.717) is 12.6 Å². The smallest absolute Gasteiger partial charge is 0.251 e. The number of ether oxygens (including phenoxy) is 1. The third-order valence-corrected chi connectivity index (χ3v) is 6.05. The van der Waals surface area contributed by atoms with E-state index in [-0.39, 0.29) is 11.9 Å². The maximum atomic E-state index is 12.7. The first-order valence-corrected chi connectivity index (χ1v) is 10.2. The highest BCUT2D eigenvalue weighted by atomic mass is 16.5. The van der Waals surface area contributed by atoms with Gasteiger partial charge in [0.25, 0.3) is 5.91 Å². The van der Waals surface area contributed by atoms with Gasteiger partial charge in [-0.25, -0.2) is 0 Å². The van der Waals surface area contributed by atoms with Crippen molar-refractivity contribution in [1.82, 2.24) is 15.1 Å². The molecule has 1 aromatic rings. The fraction of sp³-hybridized carbons (Fsp3) is 0.667. The van der Waals surface area contributed by atoms with E-state index in [4.69, 9.17) is 4.74 Å². The molecule has 0 aliphatic carbocycles. The lowest BCUT2D eigenvalue weighted by Gasteiger charge is -2.28. The maximum absolute atomic E-state index is 12.7. The Balaban J connectivity index is 1.32. The Kier molecular flexibility index (Phi) is 5.88. The van der Waals surface area contributed by atoms with Crippen LogP contribution in [0.4, 0.5) is 0 Å². The summed E-state index contributed by atoms with van der Waals surface area (Å²) >= 11 is 0. The molecule has 3 saturated heterocycles. The second-order valence-electron chi connectivity index (χ2n) is 7.96. The van der Waals surface area contributed by atoms with Gasteiger partial charge in [-0.05, 0) is 69.6 Å². The number of carbonyl (C=O) groups excluding carboxylic acids is 1. The highest BCUT2D eigenvalue weighted by Gasteiger charge is 2.35. The van der Waals surface area contributed by atoms with Crippen LogP contribution in [0.1, 0.15) is 48.0 Å². The standard InChI is InChI=1S/C21H31N3O2/c25-21(22-19-15-26-16-20(19)24-12-4-5-13-24)18-8-6-17(7-9-18)14-23-10-2-1-3-11-23/h6-9,19-20H,1-5,10-16H2,(H,22,25). The van der Waals surface area contributed by atoms with E-state index in [1.807, 2.05) is 12.1 Å². The van der Waals surface area contributed by atoms with Gasteiger partial charge in [0.2, 0.25) is 0 Å². The number of carbonyl (C=O) groups is 1. The summed E-state index contributed by atoms with van der Waals surface area (Å²) in [5.74, 6) is 0.0224. The molecule has 0 radical (unpaired) electrons. The van der Waals surface area contributed by atoms with Crippen molar-refractivity contribution >= 4 is 5.91 Å². The van der Waals surface area contributed by atoms with Crippen LogP contribution in [0.25, 0.3) is 0 Å². The predicted octanol–water partition coefficient (Wildman–Crippen LogP) is 2.27. The molecule has 1 amide bonds. The second-order valence-corrected chi connectivity index (χ2v) is 7.96. The number of likely N-dealkylation sites (tertiary alicyclic amines) is 2. The van der Waals surface area contributed by atoms with Gasteiger partial charge in [-0.1, -0.05) is 18.6 Å². The number of hydrogen-bond acceptors (Lipinski definition) is 4. The van der Waals surface area contributed by atoms with Crippen LogP contribution >= 0.6 is 0 Å². The summed E-state index contributed by atoms with van der Waals surface area (Å²) in [6, 6.07) is 8.58. The second kappa shape index (κ2) is 8.51. The zero-order valence-electron chi connectivity index (χ0n) is 15.7. The summed E-state index contributed by atoms with van der Waals surface area (Å²) in [6.07, 6.45) is 6.49. The summed E-state index contributed by atoms with van der Waals surface area (Å²) in [5, 5.41) is 3.21. The average Bonchev–Trinajstić information content (AvgIpc) is 3.34. The van der Waals surface area contributed by atoms with Gasteiger partial charge in [0.1, 0.15) is 0 Å². The zero-order valence-corrected chi connectivity index (χ0v) is 15.7. The highest BCUT2D eigenvalue weighted by molar-refractivity contribution is 5.94. The molecule has 142 valence electrons. The molecule has 1 aromatic carbocycles. The fourth-order valence-corrected chi connectivity index (χ4v) is 4.50. The van der Waals surface area contributed by atoms with Gasteiger partial charge in [0.15, 0.2) is 0 Å². The van der Waals surface area contributed by atoms with Gasteiger partial charge in [-0.3, -0.25) is 14.6 Å². The van der Waals surface area contributed by atoms with Crippen molar-refractivity contribution in [3.8, 4) is 0 Å². The topological polar surface area (TPSA) is 44.8 Å². The number of rotatable bonds is 5. The molecule has 0 spiro atoms. The Morgan fingerprint density at radius 1 is 0.962 bits per heavy atom.